The maximum atomic E-state index is 12.2. The van der Waals surface area contributed by atoms with Crippen LogP contribution in [-0.4, -0.2) is 38.9 Å². The largest absolute Gasteiger partial charge is 0.465 e. The quantitative estimate of drug-likeness (QED) is 0.761. The van der Waals surface area contributed by atoms with E-state index in [2.05, 4.69) is 41.3 Å². The number of hydrogen-bond donors (Lipinski definition) is 0. The first kappa shape index (κ1) is 18.5. The van der Waals surface area contributed by atoms with E-state index in [1.54, 1.807) is 0 Å². The van der Waals surface area contributed by atoms with Crippen LogP contribution < -0.4 is 4.90 Å². The summed E-state index contributed by atoms with van der Waals surface area (Å²) in [7, 11) is 0. The molecule has 1 fully saturated rings. The van der Waals surface area contributed by atoms with Gasteiger partial charge in [-0.15, -0.1) is 0 Å². The number of benzene rings is 2. The van der Waals surface area contributed by atoms with Gasteiger partial charge in [0.1, 0.15) is 0 Å². The Hall–Kier alpha value is -2.33. The first-order valence-corrected chi connectivity index (χ1v) is 9.23. The summed E-state index contributed by atoms with van der Waals surface area (Å²) in [5, 5.41) is 0. The molecule has 4 nitrogen and oxygen atoms in total. The van der Waals surface area contributed by atoms with Crippen molar-refractivity contribution < 1.29 is 14.3 Å². The van der Waals surface area contributed by atoms with Gasteiger partial charge in [0.25, 0.3) is 0 Å². The monoisotopic (exact) mass is 353 g/mol. The van der Waals surface area contributed by atoms with Crippen molar-refractivity contribution in [3.05, 3.63) is 54.1 Å². The van der Waals surface area contributed by atoms with Crippen LogP contribution in [0.2, 0.25) is 0 Å². The van der Waals surface area contributed by atoms with Gasteiger partial charge in [-0.1, -0.05) is 36.4 Å². The SMILES string of the molecule is CCOC(=O)C(C)(C)c1ccc(-c2ccc(N3CCOCC3)cc2)cc1. The van der Waals surface area contributed by atoms with Crippen molar-refractivity contribution in [1.29, 1.82) is 0 Å². The summed E-state index contributed by atoms with van der Waals surface area (Å²) < 4.78 is 10.6. The molecule has 0 amide bonds. The van der Waals surface area contributed by atoms with Crippen LogP contribution in [0.5, 0.6) is 0 Å². The lowest BCUT2D eigenvalue weighted by atomic mass is 9.84. The summed E-state index contributed by atoms with van der Waals surface area (Å²) in [6, 6.07) is 16.8. The Bertz CT molecular complexity index is 729. The molecule has 26 heavy (non-hydrogen) atoms. The molecule has 2 aromatic rings. The molecule has 1 heterocycles. The van der Waals surface area contributed by atoms with Crippen LogP contribution in [0.3, 0.4) is 0 Å². The smallest absolute Gasteiger partial charge is 0.315 e. The number of anilines is 1. The van der Waals surface area contributed by atoms with E-state index in [1.807, 2.05) is 32.9 Å². The van der Waals surface area contributed by atoms with Crippen molar-refractivity contribution in [3.63, 3.8) is 0 Å². The topological polar surface area (TPSA) is 38.8 Å². The minimum absolute atomic E-state index is 0.192. The van der Waals surface area contributed by atoms with Gasteiger partial charge in [0.2, 0.25) is 0 Å². The Morgan fingerprint density at radius 3 is 2.08 bits per heavy atom. The van der Waals surface area contributed by atoms with E-state index in [0.29, 0.717) is 6.61 Å². The van der Waals surface area contributed by atoms with Gasteiger partial charge in [0.05, 0.1) is 25.2 Å². The van der Waals surface area contributed by atoms with Crippen LogP contribution in [0.25, 0.3) is 11.1 Å². The molecule has 1 aliphatic heterocycles. The number of hydrogen-bond acceptors (Lipinski definition) is 4. The normalized spacial score (nSPS) is 15.0. The lowest BCUT2D eigenvalue weighted by Gasteiger charge is -2.29. The molecule has 0 bridgehead atoms. The van der Waals surface area contributed by atoms with Gasteiger partial charge in [0.15, 0.2) is 0 Å². The highest BCUT2D eigenvalue weighted by Gasteiger charge is 2.31. The molecule has 0 radical (unpaired) electrons. The van der Waals surface area contributed by atoms with Gasteiger partial charge >= 0.3 is 5.97 Å². The predicted molar refractivity (Wildman–Crippen MR) is 105 cm³/mol. The zero-order valence-corrected chi connectivity index (χ0v) is 15.8. The predicted octanol–water partition coefficient (Wildman–Crippen LogP) is 4.03. The Morgan fingerprint density at radius 1 is 1.00 bits per heavy atom. The van der Waals surface area contributed by atoms with Crippen molar-refractivity contribution in [2.24, 2.45) is 0 Å². The molecular weight excluding hydrogens is 326 g/mol. The van der Waals surface area contributed by atoms with Gasteiger partial charge in [-0.05, 0) is 49.6 Å². The average molecular weight is 353 g/mol. The molecule has 1 saturated heterocycles. The molecular formula is C22H27NO3. The second kappa shape index (κ2) is 7.92. The van der Waals surface area contributed by atoms with Crippen molar-refractivity contribution >= 4 is 11.7 Å². The number of carbonyl (C=O) groups is 1. The number of esters is 1. The minimum atomic E-state index is -0.644. The maximum Gasteiger partial charge on any atom is 0.315 e. The lowest BCUT2D eigenvalue weighted by molar-refractivity contribution is -0.148. The summed E-state index contributed by atoms with van der Waals surface area (Å²) in [5.74, 6) is -0.192. The van der Waals surface area contributed by atoms with Crippen LogP contribution in [0.15, 0.2) is 48.5 Å². The fourth-order valence-electron chi connectivity index (χ4n) is 3.19. The molecule has 0 aliphatic carbocycles. The average Bonchev–Trinajstić information content (AvgIpc) is 2.69. The van der Waals surface area contributed by atoms with Crippen LogP contribution >= 0.6 is 0 Å². The zero-order valence-electron chi connectivity index (χ0n) is 15.8. The summed E-state index contributed by atoms with van der Waals surface area (Å²) in [5.41, 5.74) is 3.86. The van der Waals surface area contributed by atoms with E-state index in [-0.39, 0.29) is 5.97 Å². The Labute approximate surface area is 155 Å². The highest BCUT2D eigenvalue weighted by Crippen LogP contribution is 2.29. The lowest BCUT2D eigenvalue weighted by Crippen LogP contribution is -2.36. The molecule has 0 atom stereocenters. The van der Waals surface area contributed by atoms with E-state index in [1.165, 1.54) is 11.3 Å². The second-order valence-corrected chi connectivity index (χ2v) is 7.07. The van der Waals surface area contributed by atoms with E-state index >= 15 is 0 Å². The summed E-state index contributed by atoms with van der Waals surface area (Å²) >= 11 is 0. The summed E-state index contributed by atoms with van der Waals surface area (Å²) in [6.45, 7) is 9.49. The van der Waals surface area contributed by atoms with Crippen molar-refractivity contribution in [3.8, 4) is 11.1 Å². The number of carbonyl (C=O) groups excluding carboxylic acids is 1. The van der Waals surface area contributed by atoms with Crippen molar-refractivity contribution in [2.45, 2.75) is 26.2 Å². The maximum absolute atomic E-state index is 12.2. The third-order valence-electron chi connectivity index (χ3n) is 4.97. The standard InChI is InChI=1S/C22H27NO3/c1-4-26-21(24)22(2,3)19-9-5-17(6-10-19)18-7-11-20(12-8-18)23-13-15-25-16-14-23/h5-12H,4,13-16H2,1-3H3. The zero-order chi connectivity index (χ0) is 18.6. The molecule has 0 aromatic heterocycles. The third-order valence-corrected chi connectivity index (χ3v) is 4.97. The molecule has 0 N–H and O–H groups in total. The first-order valence-electron chi connectivity index (χ1n) is 9.23. The highest BCUT2D eigenvalue weighted by atomic mass is 16.5. The van der Waals surface area contributed by atoms with E-state index in [0.717, 1.165) is 37.4 Å². The van der Waals surface area contributed by atoms with Gasteiger partial charge in [-0.3, -0.25) is 4.79 Å². The summed E-state index contributed by atoms with van der Waals surface area (Å²) in [6.07, 6.45) is 0. The minimum Gasteiger partial charge on any atom is -0.465 e. The highest BCUT2D eigenvalue weighted by molar-refractivity contribution is 5.82. The van der Waals surface area contributed by atoms with Crippen molar-refractivity contribution in [2.75, 3.05) is 37.8 Å². The van der Waals surface area contributed by atoms with Crippen LogP contribution in [0, 0.1) is 0 Å². The van der Waals surface area contributed by atoms with Crippen LogP contribution in [-0.2, 0) is 19.7 Å². The fraction of sp³-hybridized carbons (Fsp3) is 0.409. The van der Waals surface area contributed by atoms with Gasteiger partial charge < -0.3 is 14.4 Å². The van der Waals surface area contributed by atoms with Crippen LogP contribution in [0.1, 0.15) is 26.3 Å². The van der Waals surface area contributed by atoms with Crippen LogP contribution in [0.4, 0.5) is 5.69 Å². The Balaban J connectivity index is 1.75. The number of ether oxygens (including phenoxy) is 2. The fourth-order valence-corrected chi connectivity index (χ4v) is 3.19. The van der Waals surface area contributed by atoms with Gasteiger partial charge in [-0.25, -0.2) is 0 Å². The molecule has 138 valence electrons. The van der Waals surface area contributed by atoms with Gasteiger partial charge in [0, 0.05) is 18.8 Å². The molecule has 0 spiro atoms. The summed E-state index contributed by atoms with van der Waals surface area (Å²) in [4.78, 5) is 14.5. The molecule has 0 unspecified atom stereocenters. The second-order valence-electron chi connectivity index (χ2n) is 7.07. The van der Waals surface area contributed by atoms with E-state index in [9.17, 15) is 4.79 Å². The van der Waals surface area contributed by atoms with Crippen molar-refractivity contribution in [1.82, 2.24) is 0 Å². The van der Waals surface area contributed by atoms with E-state index < -0.39 is 5.41 Å². The first-order chi connectivity index (χ1) is 12.5. The van der Waals surface area contributed by atoms with E-state index in [4.69, 9.17) is 9.47 Å². The number of morpholine rings is 1. The molecule has 0 saturated carbocycles. The number of nitrogens with zero attached hydrogens (tertiary/aromatic N) is 1. The Morgan fingerprint density at radius 2 is 1.54 bits per heavy atom. The Kier molecular flexibility index (Phi) is 5.62. The van der Waals surface area contributed by atoms with Gasteiger partial charge in [-0.2, -0.15) is 0 Å². The molecule has 1 aliphatic rings. The molecule has 3 rings (SSSR count). The molecule has 4 heteroatoms. The molecule has 2 aromatic carbocycles. The number of rotatable bonds is 5. The third kappa shape index (κ3) is 3.91.